The Labute approximate surface area is 227 Å². The summed E-state index contributed by atoms with van der Waals surface area (Å²) in [5.41, 5.74) is 3.42. The van der Waals surface area contributed by atoms with Crippen LogP contribution < -0.4 is 10.6 Å². The fraction of sp³-hybridized carbons (Fsp3) is 0.452. The van der Waals surface area contributed by atoms with Gasteiger partial charge in [-0.25, -0.2) is 4.79 Å². The Morgan fingerprint density at radius 3 is 2.11 bits per heavy atom. The number of carbonyl (C=O) groups excluding carboxylic acids is 3. The standard InChI is InChI=1S/C31H43N3O4/c1-10-19-34(29(36)26(20(3)11-2)33-30(37)38-31(7,8)9)27(24-18-13-12-15-21(24)4)28(35)32-25-22(5)16-14-17-23(25)6/h10,12-18,20,26-27H,1,11,19H2,2-9H3,(H,32,35)(H,33,37). The number of hydrogen-bond acceptors (Lipinski definition) is 4. The van der Waals surface area contributed by atoms with Gasteiger partial charge < -0.3 is 20.3 Å². The van der Waals surface area contributed by atoms with Crippen LogP contribution in [0.3, 0.4) is 0 Å². The Hall–Kier alpha value is -3.61. The van der Waals surface area contributed by atoms with E-state index < -0.39 is 23.8 Å². The van der Waals surface area contributed by atoms with Crippen LogP contribution in [0.1, 0.15) is 69.3 Å². The van der Waals surface area contributed by atoms with E-state index in [1.807, 2.05) is 77.1 Å². The first kappa shape index (κ1) is 30.6. The van der Waals surface area contributed by atoms with Gasteiger partial charge in [0.25, 0.3) is 5.91 Å². The Morgan fingerprint density at radius 1 is 1.00 bits per heavy atom. The molecule has 206 valence electrons. The molecule has 2 rings (SSSR count). The Morgan fingerprint density at radius 2 is 1.58 bits per heavy atom. The molecule has 7 nitrogen and oxygen atoms in total. The molecule has 2 aromatic rings. The van der Waals surface area contributed by atoms with Crippen molar-refractivity contribution in [3.63, 3.8) is 0 Å². The lowest BCUT2D eigenvalue weighted by Gasteiger charge is -2.36. The molecule has 0 saturated carbocycles. The van der Waals surface area contributed by atoms with Crippen LogP contribution in [0.5, 0.6) is 0 Å². The van der Waals surface area contributed by atoms with Crippen LogP contribution in [0.4, 0.5) is 10.5 Å². The molecule has 0 fully saturated rings. The average molecular weight is 522 g/mol. The van der Waals surface area contributed by atoms with Crippen molar-refractivity contribution in [1.82, 2.24) is 10.2 Å². The van der Waals surface area contributed by atoms with Crippen molar-refractivity contribution in [2.45, 2.75) is 79.5 Å². The largest absolute Gasteiger partial charge is 0.444 e. The number of ether oxygens (including phenoxy) is 1. The Bertz CT molecular complexity index is 1130. The highest BCUT2D eigenvalue weighted by molar-refractivity contribution is 6.00. The number of carbonyl (C=O) groups is 3. The van der Waals surface area contributed by atoms with Gasteiger partial charge in [0.15, 0.2) is 0 Å². The molecule has 0 aliphatic heterocycles. The fourth-order valence-corrected chi connectivity index (χ4v) is 4.31. The molecule has 0 spiro atoms. The van der Waals surface area contributed by atoms with Crippen LogP contribution in [0.25, 0.3) is 0 Å². The normalized spacial score (nSPS) is 13.6. The highest BCUT2D eigenvalue weighted by Gasteiger charge is 2.38. The lowest BCUT2D eigenvalue weighted by atomic mass is 9.94. The van der Waals surface area contributed by atoms with Crippen LogP contribution in [0.2, 0.25) is 0 Å². The first-order valence-electron chi connectivity index (χ1n) is 13.1. The number of benzene rings is 2. The number of alkyl carbamates (subject to hydrolysis) is 1. The van der Waals surface area contributed by atoms with Crippen LogP contribution in [0, 0.1) is 26.7 Å². The van der Waals surface area contributed by atoms with Crippen molar-refractivity contribution in [3.8, 4) is 0 Å². The number of rotatable bonds is 10. The molecular weight excluding hydrogens is 478 g/mol. The van der Waals surface area contributed by atoms with Gasteiger partial charge in [-0.3, -0.25) is 9.59 Å². The first-order chi connectivity index (χ1) is 17.8. The summed E-state index contributed by atoms with van der Waals surface area (Å²) in [4.78, 5) is 42.4. The second kappa shape index (κ2) is 13.3. The highest BCUT2D eigenvalue weighted by Crippen LogP contribution is 2.29. The van der Waals surface area contributed by atoms with E-state index in [2.05, 4.69) is 17.2 Å². The quantitative estimate of drug-likeness (QED) is 0.362. The van der Waals surface area contributed by atoms with Crippen molar-refractivity contribution < 1.29 is 19.1 Å². The fourth-order valence-electron chi connectivity index (χ4n) is 4.31. The van der Waals surface area contributed by atoms with Gasteiger partial charge in [-0.1, -0.05) is 68.8 Å². The zero-order valence-corrected chi connectivity index (χ0v) is 24.1. The molecule has 0 saturated heterocycles. The molecule has 0 aliphatic rings. The summed E-state index contributed by atoms with van der Waals surface area (Å²) >= 11 is 0. The molecule has 0 heterocycles. The molecule has 0 aliphatic carbocycles. The zero-order valence-electron chi connectivity index (χ0n) is 24.1. The lowest BCUT2D eigenvalue weighted by molar-refractivity contribution is -0.141. The number of para-hydroxylation sites is 1. The van der Waals surface area contributed by atoms with Gasteiger partial charge >= 0.3 is 6.09 Å². The van der Waals surface area contributed by atoms with Crippen LogP contribution in [-0.4, -0.2) is 41.0 Å². The second-order valence-corrected chi connectivity index (χ2v) is 10.8. The summed E-state index contributed by atoms with van der Waals surface area (Å²) in [6, 6.07) is 11.5. The van der Waals surface area contributed by atoms with E-state index in [1.165, 1.54) is 4.90 Å². The molecule has 3 amide bonds. The Balaban J connectivity index is 2.58. The van der Waals surface area contributed by atoms with Gasteiger partial charge in [-0.15, -0.1) is 6.58 Å². The smallest absolute Gasteiger partial charge is 0.408 e. The van der Waals surface area contributed by atoms with E-state index in [1.54, 1.807) is 26.8 Å². The topological polar surface area (TPSA) is 87.7 Å². The van der Waals surface area contributed by atoms with E-state index in [9.17, 15) is 14.4 Å². The van der Waals surface area contributed by atoms with E-state index in [0.29, 0.717) is 17.7 Å². The minimum absolute atomic E-state index is 0.112. The summed E-state index contributed by atoms with van der Waals surface area (Å²) < 4.78 is 5.45. The van der Waals surface area contributed by atoms with Crippen molar-refractivity contribution in [2.75, 3.05) is 11.9 Å². The molecule has 0 radical (unpaired) electrons. The van der Waals surface area contributed by atoms with Crippen LogP contribution >= 0.6 is 0 Å². The maximum Gasteiger partial charge on any atom is 0.408 e. The molecule has 2 aromatic carbocycles. The zero-order chi connectivity index (χ0) is 28.6. The number of aryl methyl sites for hydroxylation is 3. The van der Waals surface area contributed by atoms with Crippen molar-refractivity contribution >= 4 is 23.6 Å². The monoisotopic (exact) mass is 521 g/mol. The second-order valence-electron chi connectivity index (χ2n) is 10.8. The predicted molar refractivity (Wildman–Crippen MR) is 153 cm³/mol. The molecule has 0 bridgehead atoms. The summed E-state index contributed by atoms with van der Waals surface area (Å²) in [5, 5.41) is 5.85. The van der Waals surface area contributed by atoms with Crippen molar-refractivity contribution in [2.24, 2.45) is 5.92 Å². The van der Waals surface area contributed by atoms with E-state index in [-0.39, 0.29) is 24.3 Å². The first-order valence-corrected chi connectivity index (χ1v) is 13.1. The summed E-state index contributed by atoms with van der Waals surface area (Å²) in [7, 11) is 0. The third kappa shape index (κ3) is 7.94. The van der Waals surface area contributed by atoms with E-state index in [0.717, 1.165) is 16.7 Å². The van der Waals surface area contributed by atoms with E-state index >= 15 is 0 Å². The molecule has 2 N–H and O–H groups in total. The maximum atomic E-state index is 14.2. The number of nitrogens with zero attached hydrogens (tertiary/aromatic N) is 1. The maximum absolute atomic E-state index is 14.2. The highest BCUT2D eigenvalue weighted by atomic mass is 16.6. The number of nitrogens with one attached hydrogen (secondary N) is 2. The average Bonchev–Trinajstić information content (AvgIpc) is 2.83. The third-order valence-electron chi connectivity index (χ3n) is 6.53. The number of amides is 3. The van der Waals surface area contributed by atoms with Gasteiger partial charge in [0.2, 0.25) is 5.91 Å². The molecule has 3 atom stereocenters. The molecule has 0 aromatic heterocycles. The molecule has 7 heteroatoms. The van der Waals surface area contributed by atoms with Gasteiger partial charge in [0, 0.05) is 12.2 Å². The SMILES string of the molecule is C=CCN(C(=O)C(NC(=O)OC(C)(C)C)C(C)CC)C(C(=O)Nc1c(C)cccc1C)c1ccccc1C. The van der Waals surface area contributed by atoms with Gasteiger partial charge in [0.05, 0.1) is 0 Å². The van der Waals surface area contributed by atoms with Gasteiger partial charge in [0.1, 0.15) is 17.7 Å². The number of anilines is 1. The Kier molecular flexibility index (Phi) is 10.7. The lowest BCUT2D eigenvalue weighted by Crippen LogP contribution is -2.54. The summed E-state index contributed by atoms with van der Waals surface area (Å²) in [5.74, 6) is -0.927. The third-order valence-corrected chi connectivity index (χ3v) is 6.53. The van der Waals surface area contributed by atoms with Gasteiger partial charge in [-0.2, -0.15) is 0 Å². The molecule has 3 unspecified atom stereocenters. The van der Waals surface area contributed by atoms with E-state index in [4.69, 9.17) is 4.74 Å². The van der Waals surface area contributed by atoms with Crippen LogP contribution in [0.15, 0.2) is 55.1 Å². The summed E-state index contributed by atoms with van der Waals surface area (Å²) in [6.45, 7) is 18.9. The molecular formula is C31H43N3O4. The summed E-state index contributed by atoms with van der Waals surface area (Å²) in [6.07, 6.45) is 1.55. The van der Waals surface area contributed by atoms with Crippen LogP contribution in [-0.2, 0) is 14.3 Å². The molecule has 38 heavy (non-hydrogen) atoms. The van der Waals surface area contributed by atoms with Crippen molar-refractivity contribution in [1.29, 1.82) is 0 Å². The minimum atomic E-state index is -0.951. The van der Waals surface area contributed by atoms with Crippen molar-refractivity contribution in [3.05, 3.63) is 77.4 Å². The van der Waals surface area contributed by atoms with Gasteiger partial charge in [-0.05, 0) is 69.7 Å². The predicted octanol–water partition coefficient (Wildman–Crippen LogP) is 6.25. The number of hydrogen-bond donors (Lipinski definition) is 2. The minimum Gasteiger partial charge on any atom is -0.444 e.